The molecule has 2 heteroatoms. The van der Waals surface area contributed by atoms with Crippen molar-refractivity contribution in [1.29, 1.82) is 0 Å². The van der Waals surface area contributed by atoms with E-state index in [0.29, 0.717) is 0 Å². The molecule has 1 aliphatic carbocycles. The number of rotatable bonds is 0. The molecule has 0 amide bonds. The van der Waals surface area contributed by atoms with E-state index in [1.807, 2.05) is 0 Å². The van der Waals surface area contributed by atoms with Gasteiger partial charge in [0.15, 0.2) is 5.78 Å². The number of quaternary nitrogens is 1. The van der Waals surface area contributed by atoms with Crippen molar-refractivity contribution in [2.75, 3.05) is 7.05 Å². The Hall–Kier alpha value is -1.67. The lowest BCUT2D eigenvalue weighted by molar-refractivity contribution is -0.766. The van der Waals surface area contributed by atoms with Crippen LogP contribution in [0.15, 0.2) is 59.0 Å². The molecule has 1 heterocycles. The van der Waals surface area contributed by atoms with E-state index in [4.69, 9.17) is 0 Å². The molecule has 0 radical (unpaired) electrons. The number of carbonyl (C=O) groups is 1. The zero-order chi connectivity index (χ0) is 16.7. The second-order valence-electron chi connectivity index (χ2n) is 8.27. The van der Waals surface area contributed by atoms with Crippen LogP contribution in [0.4, 0.5) is 0 Å². The molecule has 2 nitrogen and oxygen atoms in total. The van der Waals surface area contributed by atoms with E-state index < -0.39 is 0 Å². The molecule has 1 N–H and O–H groups in total. The number of ketones is 1. The minimum absolute atomic E-state index is 0.155. The van der Waals surface area contributed by atoms with E-state index in [-0.39, 0.29) is 16.6 Å². The summed E-state index contributed by atoms with van der Waals surface area (Å²) in [4.78, 5) is 14.1. The molecule has 0 aromatic rings. The van der Waals surface area contributed by atoms with Crippen LogP contribution >= 0.6 is 0 Å². The van der Waals surface area contributed by atoms with E-state index in [1.165, 1.54) is 10.5 Å². The van der Waals surface area contributed by atoms with Gasteiger partial charge < -0.3 is 0 Å². The predicted octanol–water partition coefficient (Wildman–Crippen LogP) is 3.37. The van der Waals surface area contributed by atoms with Gasteiger partial charge in [0, 0.05) is 11.1 Å². The summed E-state index contributed by atoms with van der Waals surface area (Å²) in [5, 5.41) is 0. The van der Waals surface area contributed by atoms with Gasteiger partial charge in [-0.15, -0.1) is 0 Å². The Bertz CT molecular complexity index is 588. The van der Waals surface area contributed by atoms with Crippen molar-refractivity contribution < 1.29 is 9.69 Å². The number of hydrogen-bond donors (Lipinski definition) is 1. The van der Waals surface area contributed by atoms with Crippen LogP contribution in [-0.2, 0) is 4.79 Å². The van der Waals surface area contributed by atoms with Gasteiger partial charge in [-0.3, -0.25) is 9.69 Å². The van der Waals surface area contributed by atoms with Crippen molar-refractivity contribution in [3.8, 4) is 0 Å². The molecule has 0 atom stereocenters. The van der Waals surface area contributed by atoms with E-state index in [0.717, 1.165) is 16.7 Å². The first-order valence-corrected chi connectivity index (χ1v) is 7.93. The van der Waals surface area contributed by atoms with Crippen molar-refractivity contribution in [3.63, 3.8) is 0 Å². The monoisotopic (exact) mass is 298 g/mol. The smallest absolute Gasteiger partial charge is 0.186 e. The van der Waals surface area contributed by atoms with Crippen LogP contribution in [0.25, 0.3) is 0 Å². The molecule has 0 aromatic heterocycles. The van der Waals surface area contributed by atoms with Crippen molar-refractivity contribution >= 4 is 5.78 Å². The van der Waals surface area contributed by atoms with Gasteiger partial charge in [0.2, 0.25) is 0 Å². The van der Waals surface area contributed by atoms with Crippen molar-refractivity contribution in [2.24, 2.45) is 10.8 Å². The van der Waals surface area contributed by atoms with Gasteiger partial charge in [-0.2, -0.15) is 0 Å². The molecule has 1 aliphatic heterocycles. The van der Waals surface area contributed by atoms with Gasteiger partial charge in [0.25, 0.3) is 0 Å². The highest BCUT2D eigenvalue weighted by Crippen LogP contribution is 2.39. The molecule has 0 saturated carbocycles. The van der Waals surface area contributed by atoms with Gasteiger partial charge in [-0.05, 0) is 46.3 Å². The largest absolute Gasteiger partial charge is 0.289 e. The van der Waals surface area contributed by atoms with E-state index in [1.54, 1.807) is 0 Å². The topological polar surface area (TPSA) is 21.5 Å². The van der Waals surface area contributed by atoms with Crippen LogP contribution in [0.5, 0.6) is 0 Å². The summed E-state index contributed by atoms with van der Waals surface area (Å²) in [5.41, 5.74) is 3.79. The third kappa shape index (κ3) is 3.38. The van der Waals surface area contributed by atoms with Crippen LogP contribution in [0.3, 0.4) is 0 Å². The second-order valence-corrected chi connectivity index (χ2v) is 8.27. The van der Waals surface area contributed by atoms with Gasteiger partial charge in [-0.1, -0.05) is 41.5 Å². The lowest BCUT2D eigenvalue weighted by Crippen LogP contribution is -2.99. The fourth-order valence-corrected chi connectivity index (χ4v) is 2.66. The maximum atomic E-state index is 12.9. The summed E-state index contributed by atoms with van der Waals surface area (Å²) in [6.07, 6.45) is 12.6. The Morgan fingerprint density at radius 2 is 1.18 bits per heavy atom. The standard InChI is InChI=1S/C20H27NO/c1-19(2,3)16-12-15(14-8-10-21(7)11-9-14)13-17(18(16)22)20(4,5)6/h8-13H,1-7H3/p+1. The summed E-state index contributed by atoms with van der Waals surface area (Å²) in [6.45, 7) is 12.6. The van der Waals surface area contributed by atoms with Crippen molar-refractivity contribution in [1.82, 2.24) is 0 Å². The molecule has 0 saturated heterocycles. The zero-order valence-corrected chi connectivity index (χ0v) is 14.9. The normalized spacial score (nSPS) is 22.9. The van der Waals surface area contributed by atoms with E-state index >= 15 is 0 Å². The Kier molecular flexibility index (Phi) is 4.18. The molecule has 0 aromatic carbocycles. The lowest BCUT2D eigenvalue weighted by atomic mass is 9.71. The Morgan fingerprint density at radius 1 is 0.773 bits per heavy atom. The average molecular weight is 298 g/mol. The van der Waals surface area contributed by atoms with Crippen LogP contribution < -0.4 is 4.90 Å². The molecular weight excluding hydrogens is 270 g/mol. The maximum absolute atomic E-state index is 12.9. The number of carbonyl (C=O) groups excluding carboxylic acids is 1. The third-order valence-electron chi connectivity index (χ3n) is 4.09. The van der Waals surface area contributed by atoms with Crippen LogP contribution in [0, 0.1) is 10.8 Å². The summed E-state index contributed by atoms with van der Waals surface area (Å²) < 4.78 is 0. The Labute approximate surface area is 134 Å². The molecule has 2 aliphatic rings. The Balaban J connectivity index is 2.62. The summed E-state index contributed by atoms with van der Waals surface area (Å²) in [5.74, 6) is 0.191. The van der Waals surface area contributed by atoms with Gasteiger partial charge in [0.05, 0.1) is 19.4 Å². The Morgan fingerprint density at radius 3 is 1.55 bits per heavy atom. The van der Waals surface area contributed by atoms with Gasteiger partial charge in [0.1, 0.15) is 0 Å². The second kappa shape index (κ2) is 5.51. The number of hydrogen-bond acceptors (Lipinski definition) is 1. The lowest BCUT2D eigenvalue weighted by Gasteiger charge is -2.31. The quantitative estimate of drug-likeness (QED) is 0.727. The first-order chi connectivity index (χ1) is 10.00. The summed E-state index contributed by atoms with van der Waals surface area (Å²) in [7, 11) is 2.09. The highest BCUT2D eigenvalue weighted by Gasteiger charge is 2.34. The fourth-order valence-electron chi connectivity index (χ4n) is 2.66. The summed E-state index contributed by atoms with van der Waals surface area (Å²) in [6, 6.07) is 0. The van der Waals surface area contributed by atoms with Crippen LogP contribution in [-0.4, -0.2) is 12.8 Å². The molecular formula is C20H28NO+. The fraction of sp³-hybridized carbons (Fsp3) is 0.450. The first-order valence-electron chi connectivity index (χ1n) is 7.93. The first kappa shape index (κ1) is 16.7. The highest BCUT2D eigenvalue weighted by molar-refractivity contribution is 6.11. The highest BCUT2D eigenvalue weighted by atomic mass is 16.1. The summed E-state index contributed by atoms with van der Waals surface area (Å²) >= 11 is 0. The third-order valence-corrected chi connectivity index (χ3v) is 4.09. The molecule has 0 bridgehead atoms. The number of Topliss-reactive ketones (excluding diaryl/α,β-unsaturated/α-hetero) is 1. The van der Waals surface area contributed by atoms with Crippen LogP contribution in [0.1, 0.15) is 41.5 Å². The van der Waals surface area contributed by atoms with E-state index in [2.05, 4.69) is 85.3 Å². The van der Waals surface area contributed by atoms with Gasteiger partial charge in [-0.25, -0.2) is 0 Å². The predicted molar refractivity (Wildman–Crippen MR) is 92.3 cm³/mol. The number of allylic oxidation sites excluding steroid dienone is 8. The molecule has 118 valence electrons. The van der Waals surface area contributed by atoms with Crippen molar-refractivity contribution in [2.45, 2.75) is 41.5 Å². The van der Waals surface area contributed by atoms with E-state index in [9.17, 15) is 4.79 Å². The van der Waals surface area contributed by atoms with Crippen molar-refractivity contribution in [3.05, 3.63) is 59.0 Å². The van der Waals surface area contributed by atoms with Crippen LogP contribution in [0.2, 0.25) is 0 Å². The molecule has 0 spiro atoms. The number of nitrogens with one attached hydrogen (secondary N) is 1. The minimum Gasteiger partial charge on any atom is -0.289 e. The molecule has 22 heavy (non-hydrogen) atoms. The average Bonchev–Trinajstić information content (AvgIpc) is 2.37. The molecule has 0 unspecified atom stereocenters. The SMILES string of the molecule is C[NH+]1C=CC(=C2C=C(C(C)(C)C)C(=O)C(C(C)(C)C)=C2)C=C1. The van der Waals surface area contributed by atoms with Gasteiger partial charge >= 0.3 is 0 Å². The zero-order valence-electron chi connectivity index (χ0n) is 14.9. The minimum atomic E-state index is -0.155. The molecule has 2 rings (SSSR count). The maximum Gasteiger partial charge on any atom is 0.186 e. The molecule has 0 fully saturated rings.